The number of halogens is 1. The topological polar surface area (TPSA) is 92.9 Å². The number of sulfonamides is 1. The van der Waals surface area contributed by atoms with Gasteiger partial charge < -0.3 is 15.4 Å². The van der Waals surface area contributed by atoms with Gasteiger partial charge in [0, 0.05) is 31.2 Å². The normalized spacial score (nSPS) is 28.8. The fourth-order valence-corrected chi connectivity index (χ4v) is 5.60. The van der Waals surface area contributed by atoms with Gasteiger partial charge in [-0.05, 0) is 63.9 Å². The number of amides is 1. The van der Waals surface area contributed by atoms with Crippen molar-refractivity contribution in [2.45, 2.75) is 50.3 Å². The molecule has 4 unspecified atom stereocenters. The average molecular weight is 432 g/mol. The number of nitrogens with zero attached hydrogens (tertiary/aromatic N) is 2. The highest BCUT2D eigenvalue weighted by Crippen LogP contribution is 2.25. The van der Waals surface area contributed by atoms with Crippen LogP contribution in [0.3, 0.4) is 0 Å². The van der Waals surface area contributed by atoms with Crippen molar-refractivity contribution in [2.75, 3.05) is 26.2 Å². The van der Waals surface area contributed by atoms with E-state index in [-0.39, 0.29) is 41.5 Å². The van der Waals surface area contributed by atoms with Gasteiger partial charge in [-0.2, -0.15) is 4.31 Å². The van der Waals surface area contributed by atoms with Crippen molar-refractivity contribution in [3.63, 3.8) is 0 Å². The van der Waals surface area contributed by atoms with Crippen LogP contribution in [0.4, 0.5) is 0 Å². The van der Waals surface area contributed by atoms with Gasteiger partial charge in [0.05, 0.1) is 17.1 Å². The Kier molecular flexibility index (Phi) is 7.50. The standard InChI is InChI=1S/C19H29N3O4S.ClH/c1-13-8-16(9-20)12-22(13)19(23)17-4-6-18(7-5-17)27(24,25)21-10-14(2)26-15(3)11-21;/h4-7,13-16H,8-12,20H2,1-3H3;1H. The summed E-state index contributed by atoms with van der Waals surface area (Å²) in [7, 11) is -3.60. The third-order valence-electron chi connectivity index (χ3n) is 5.38. The number of benzene rings is 1. The molecule has 2 fully saturated rings. The van der Waals surface area contributed by atoms with Gasteiger partial charge in [0.1, 0.15) is 0 Å². The smallest absolute Gasteiger partial charge is 0.254 e. The van der Waals surface area contributed by atoms with Crippen molar-refractivity contribution in [2.24, 2.45) is 11.7 Å². The van der Waals surface area contributed by atoms with Gasteiger partial charge in [-0.15, -0.1) is 12.4 Å². The summed E-state index contributed by atoms with van der Waals surface area (Å²) in [5, 5.41) is 0. The Balaban J connectivity index is 0.00000280. The molecule has 2 N–H and O–H groups in total. The Morgan fingerprint density at radius 3 is 2.18 bits per heavy atom. The Bertz CT molecular complexity index is 777. The second-order valence-electron chi connectivity index (χ2n) is 7.75. The number of likely N-dealkylation sites (tertiary alicyclic amines) is 1. The van der Waals surface area contributed by atoms with Crippen molar-refractivity contribution in [3.05, 3.63) is 29.8 Å². The SMILES string of the molecule is CC1CN(S(=O)(=O)c2ccc(C(=O)N3CC(CN)CC3C)cc2)CC(C)O1.Cl. The zero-order valence-corrected chi connectivity index (χ0v) is 18.2. The van der Waals surface area contributed by atoms with E-state index >= 15 is 0 Å². The summed E-state index contributed by atoms with van der Waals surface area (Å²) in [5.41, 5.74) is 6.24. The minimum atomic E-state index is -3.60. The third-order valence-corrected chi connectivity index (χ3v) is 7.23. The molecule has 0 bridgehead atoms. The zero-order chi connectivity index (χ0) is 19.8. The predicted molar refractivity (Wildman–Crippen MR) is 110 cm³/mol. The van der Waals surface area contributed by atoms with Gasteiger partial charge in [0.2, 0.25) is 10.0 Å². The van der Waals surface area contributed by atoms with E-state index in [9.17, 15) is 13.2 Å². The van der Waals surface area contributed by atoms with E-state index < -0.39 is 10.0 Å². The summed E-state index contributed by atoms with van der Waals surface area (Å²) >= 11 is 0. The minimum absolute atomic E-state index is 0. The lowest BCUT2D eigenvalue weighted by Crippen LogP contribution is -2.48. The van der Waals surface area contributed by atoms with Gasteiger partial charge >= 0.3 is 0 Å². The van der Waals surface area contributed by atoms with Crippen LogP contribution in [0.1, 0.15) is 37.6 Å². The molecule has 1 amide bonds. The van der Waals surface area contributed by atoms with Gasteiger partial charge in [-0.3, -0.25) is 4.79 Å². The highest BCUT2D eigenvalue weighted by molar-refractivity contribution is 7.89. The number of morpholine rings is 1. The Labute approximate surface area is 173 Å². The van der Waals surface area contributed by atoms with Crippen LogP contribution < -0.4 is 5.73 Å². The van der Waals surface area contributed by atoms with Crippen LogP contribution in [0.2, 0.25) is 0 Å². The number of hydrogen-bond donors (Lipinski definition) is 1. The average Bonchev–Trinajstić information content (AvgIpc) is 3.01. The van der Waals surface area contributed by atoms with Gasteiger partial charge in [0.25, 0.3) is 5.91 Å². The number of nitrogens with two attached hydrogens (primary N) is 1. The predicted octanol–water partition coefficient (Wildman–Crippen LogP) is 1.72. The molecule has 2 heterocycles. The highest BCUT2D eigenvalue weighted by Gasteiger charge is 2.34. The molecule has 7 nitrogen and oxygen atoms in total. The van der Waals surface area contributed by atoms with E-state index in [1.165, 1.54) is 16.4 Å². The van der Waals surface area contributed by atoms with Crippen LogP contribution >= 0.6 is 12.4 Å². The van der Waals surface area contributed by atoms with Crippen LogP contribution in [0.25, 0.3) is 0 Å². The van der Waals surface area contributed by atoms with Crippen molar-refractivity contribution < 1.29 is 17.9 Å². The molecule has 0 aromatic heterocycles. The van der Waals surface area contributed by atoms with Gasteiger partial charge in [0.15, 0.2) is 0 Å². The molecule has 28 heavy (non-hydrogen) atoms. The lowest BCUT2D eigenvalue weighted by molar-refractivity contribution is -0.0440. The van der Waals surface area contributed by atoms with Crippen LogP contribution in [-0.2, 0) is 14.8 Å². The molecule has 0 radical (unpaired) electrons. The maximum absolute atomic E-state index is 12.9. The fourth-order valence-electron chi connectivity index (χ4n) is 4.01. The number of rotatable bonds is 4. The summed E-state index contributed by atoms with van der Waals surface area (Å²) in [5.74, 6) is 0.255. The van der Waals surface area contributed by atoms with E-state index in [1.54, 1.807) is 12.1 Å². The molecule has 158 valence electrons. The second-order valence-corrected chi connectivity index (χ2v) is 9.69. The number of carbonyl (C=O) groups is 1. The molecule has 0 spiro atoms. The van der Waals surface area contributed by atoms with E-state index in [0.717, 1.165) is 6.42 Å². The van der Waals surface area contributed by atoms with Crippen LogP contribution in [0.15, 0.2) is 29.2 Å². The molecule has 2 aliphatic heterocycles. The number of carbonyl (C=O) groups excluding carboxylic acids is 1. The van der Waals surface area contributed by atoms with Crippen molar-refractivity contribution >= 4 is 28.3 Å². The molecule has 1 aromatic rings. The quantitative estimate of drug-likeness (QED) is 0.783. The Hall–Kier alpha value is -1.19. The van der Waals surface area contributed by atoms with Crippen LogP contribution in [0.5, 0.6) is 0 Å². The molecular weight excluding hydrogens is 402 g/mol. The van der Waals surface area contributed by atoms with E-state index in [4.69, 9.17) is 10.5 Å². The largest absolute Gasteiger partial charge is 0.373 e. The Morgan fingerprint density at radius 1 is 1.11 bits per heavy atom. The highest BCUT2D eigenvalue weighted by atomic mass is 35.5. The monoisotopic (exact) mass is 431 g/mol. The van der Waals surface area contributed by atoms with Crippen molar-refractivity contribution in [1.29, 1.82) is 0 Å². The molecule has 0 aliphatic carbocycles. The van der Waals surface area contributed by atoms with Crippen LogP contribution in [-0.4, -0.2) is 68.0 Å². The minimum Gasteiger partial charge on any atom is -0.373 e. The molecular formula is C19H30ClN3O4S. The number of ether oxygens (including phenoxy) is 1. The first-order chi connectivity index (χ1) is 12.7. The van der Waals surface area contributed by atoms with Gasteiger partial charge in [-0.25, -0.2) is 8.42 Å². The maximum Gasteiger partial charge on any atom is 0.254 e. The molecule has 0 saturated carbocycles. The molecule has 3 rings (SSSR count). The lowest BCUT2D eigenvalue weighted by Gasteiger charge is -2.34. The summed E-state index contributed by atoms with van der Waals surface area (Å²) in [6.07, 6.45) is 0.621. The second kappa shape index (κ2) is 9.09. The van der Waals surface area contributed by atoms with E-state index in [1.807, 2.05) is 25.7 Å². The molecule has 1 aromatic carbocycles. The third kappa shape index (κ3) is 4.68. The van der Waals surface area contributed by atoms with Gasteiger partial charge in [-0.1, -0.05) is 0 Å². The summed E-state index contributed by atoms with van der Waals surface area (Å²) in [6.45, 7) is 7.64. The maximum atomic E-state index is 12.9. The summed E-state index contributed by atoms with van der Waals surface area (Å²) in [4.78, 5) is 14.8. The lowest BCUT2D eigenvalue weighted by atomic mass is 10.1. The molecule has 9 heteroatoms. The summed E-state index contributed by atoms with van der Waals surface area (Å²) in [6, 6.07) is 6.39. The molecule has 2 saturated heterocycles. The Morgan fingerprint density at radius 2 is 1.68 bits per heavy atom. The molecule has 4 atom stereocenters. The molecule has 2 aliphatic rings. The first kappa shape index (κ1) is 23.1. The summed E-state index contributed by atoms with van der Waals surface area (Å²) < 4.78 is 32.9. The number of hydrogen-bond acceptors (Lipinski definition) is 5. The van der Waals surface area contributed by atoms with E-state index in [0.29, 0.717) is 37.7 Å². The zero-order valence-electron chi connectivity index (χ0n) is 16.6. The first-order valence-electron chi connectivity index (χ1n) is 9.49. The van der Waals surface area contributed by atoms with E-state index in [2.05, 4.69) is 0 Å². The first-order valence-corrected chi connectivity index (χ1v) is 10.9. The van der Waals surface area contributed by atoms with Crippen LogP contribution in [0, 0.1) is 5.92 Å². The fraction of sp³-hybridized carbons (Fsp3) is 0.632. The van der Waals surface area contributed by atoms with Crippen molar-refractivity contribution in [3.8, 4) is 0 Å². The van der Waals surface area contributed by atoms with Crippen molar-refractivity contribution in [1.82, 2.24) is 9.21 Å².